The third-order valence-electron chi connectivity index (χ3n) is 5.96. The predicted molar refractivity (Wildman–Crippen MR) is 113 cm³/mol. The van der Waals surface area contributed by atoms with Crippen molar-refractivity contribution in [1.82, 2.24) is 4.98 Å². The van der Waals surface area contributed by atoms with Crippen LogP contribution in [-0.4, -0.2) is 42.2 Å². The van der Waals surface area contributed by atoms with E-state index in [1.54, 1.807) is 13.0 Å². The van der Waals surface area contributed by atoms with Crippen LogP contribution in [0.1, 0.15) is 40.0 Å². The monoisotopic (exact) mass is 467 g/mol. The molecule has 2 aliphatic rings. The number of aliphatic imine (C=N–C) groups is 1. The largest absolute Gasteiger partial charge is 0.386 e. The highest BCUT2D eigenvalue weighted by molar-refractivity contribution is 7.94. The van der Waals surface area contributed by atoms with Crippen molar-refractivity contribution in [2.45, 2.75) is 36.5 Å². The van der Waals surface area contributed by atoms with Gasteiger partial charge in [0.15, 0.2) is 15.6 Å². The van der Waals surface area contributed by atoms with Gasteiger partial charge >= 0.3 is 0 Å². The number of halogens is 3. The van der Waals surface area contributed by atoms with Gasteiger partial charge in [-0.25, -0.2) is 17.2 Å². The first-order chi connectivity index (χ1) is 14.5. The lowest BCUT2D eigenvalue weighted by Crippen LogP contribution is -2.52. The van der Waals surface area contributed by atoms with E-state index in [0.717, 1.165) is 6.07 Å². The van der Waals surface area contributed by atoms with Crippen molar-refractivity contribution < 1.29 is 22.0 Å². The number of Topliss-reactive ketones (excluding diaryl/α,β-unsaturated/α-hetero) is 1. The van der Waals surface area contributed by atoms with E-state index in [1.165, 1.54) is 18.3 Å². The lowest BCUT2D eigenvalue weighted by atomic mass is 9.90. The molecular weight excluding hydrogens is 448 g/mol. The molecule has 1 fully saturated rings. The maximum atomic E-state index is 14.8. The van der Waals surface area contributed by atoms with Gasteiger partial charge in [-0.1, -0.05) is 17.7 Å². The van der Waals surface area contributed by atoms with Crippen LogP contribution in [-0.2, 0) is 21.8 Å². The number of amidine groups is 1. The van der Waals surface area contributed by atoms with Crippen LogP contribution in [0.5, 0.6) is 0 Å². The number of ketones is 1. The third-order valence-corrected chi connectivity index (χ3v) is 8.83. The number of alkyl halides is 1. The number of hydrogen-bond donors (Lipinski definition) is 1. The van der Waals surface area contributed by atoms with Crippen molar-refractivity contribution in [3.05, 3.63) is 63.7 Å². The summed E-state index contributed by atoms with van der Waals surface area (Å²) in [5.74, 6) is -2.01. The number of rotatable bonds is 5. The van der Waals surface area contributed by atoms with E-state index in [-0.39, 0.29) is 29.3 Å². The second-order valence-corrected chi connectivity index (χ2v) is 10.9. The van der Waals surface area contributed by atoms with Crippen LogP contribution in [0.25, 0.3) is 0 Å². The molecule has 164 valence electrons. The number of carbonyl (C=O) groups excluding carboxylic acids is 1. The van der Waals surface area contributed by atoms with Gasteiger partial charge in [-0.2, -0.15) is 0 Å². The summed E-state index contributed by atoms with van der Waals surface area (Å²) in [6, 6.07) is 5.36. The average molecular weight is 468 g/mol. The summed E-state index contributed by atoms with van der Waals surface area (Å²) in [6.07, 6.45) is 1.88. The van der Waals surface area contributed by atoms with Crippen LogP contribution < -0.4 is 5.73 Å². The standard InChI is InChI=1S/C21H20ClF2N3O3S/c1-12-6-14(22)9-26-18(12)17(28)8-13-2-3-16(24)15(7-13)20(10-23)11-31(29,30)21(4-5-21)19(25)27-20/h2-3,6-7,9H,4-5,8,10-11H2,1H3,(H2,25,27)/t20-/m1/s1. The van der Waals surface area contributed by atoms with Crippen molar-refractivity contribution in [2.24, 2.45) is 10.7 Å². The van der Waals surface area contributed by atoms with E-state index in [9.17, 15) is 22.0 Å². The Labute approximate surface area is 183 Å². The van der Waals surface area contributed by atoms with Gasteiger partial charge in [0, 0.05) is 18.2 Å². The number of carbonyl (C=O) groups is 1. The number of benzene rings is 1. The van der Waals surface area contributed by atoms with Gasteiger partial charge in [-0.15, -0.1) is 0 Å². The predicted octanol–water partition coefficient (Wildman–Crippen LogP) is 3.09. The molecule has 0 unspecified atom stereocenters. The minimum absolute atomic E-state index is 0.138. The van der Waals surface area contributed by atoms with Crippen LogP contribution in [0.15, 0.2) is 35.5 Å². The van der Waals surface area contributed by atoms with Crippen molar-refractivity contribution in [3.8, 4) is 0 Å². The molecule has 31 heavy (non-hydrogen) atoms. The zero-order valence-electron chi connectivity index (χ0n) is 16.7. The molecule has 1 aromatic carbocycles. The first kappa shape index (κ1) is 21.8. The SMILES string of the molecule is Cc1cc(Cl)cnc1C(=O)Cc1ccc(F)c([C@@]2(CF)CS(=O)(=O)C3(CC3)C(N)=N2)c1. The van der Waals surface area contributed by atoms with Crippen molar-refractivity contribution in [1.29, 1.82) is 0 Å². The molecule has 0 amide bonds. The van der Waals surface area contributed by atoms with Crippen LogP contribution in [0.4, 0.5) is 8.78 Å². The Hall–Kier alpha value is -2.39. The Balaban J connectivity index is 1.72. The van der Waals surface area contributed by atoms with Gasteiger partial charge < -0.3 is 5.73 Å². The summed E-state index contributed by atoms with van der Waals surface area (Å²) in [5.41, 5.74) is 4.89. The van der Waals surface area contributed by atoms with Crippen molar-refractivity contribution in [3.63, 3.8) is 0 Å². The molecule has 0 radical (unpaired) electrons. The first-order valence-corrected chi connectivity index (χ1v) is 11.6. The van der Waals surface area contributed by atoms with Gasteiger partial charge in [0.1, 0.15) is 34.3 Å². The maximum absolute atomic E-state index is 14.8. The summed E-state index contributed by atoms with van der Waals surface area (Å²) in [5, 5.41) is 0.394. The number of hydrogen-bond acceptors (Lipinski definition) is 6. The van der Waals surface area contributed by atoms with Gasteiger partial charge in [-0.05, 0) is 49.1 Å². The van der Waals surface area contributed by atoms with Gasteiger partial charge in [0.25, 0.3) is 0 Å². The van der Waals surface area contributed by atoms with E-state index in [2.05, 4.69) is 9.98 Å². The molecule has 4 rings (SSSR count). The number of aromatic nitrogens is 1. The number of nitrogens with zero attached hydrogens (tertiary/aromatic N) is 2. The van der Waals surface area contributed by atoms with Crippen LogP contribution in [0.3, 0.4) is 0 Å². The molecule has 1 atom stereocenters. The molecule has 1 aliphatic heterocycles. The Morgan fingerprint density at radius 3 is 2.58 bits per heavy atom. The summed E-state index contributed by atoms with van der Waals surface area (Å²) in [4.78, 5) is 20.9. The van der Waals surface area contributed by atoms with E-state index in [4.69, 9.17) is 17.3 Å². The summed E-state index contributed by atoms with van der Waals surface area (Å²) < 4.78 is 53.4. The molecule has 0 saturated heterocycles. The fourth-order valence-corrected chi connectivity index (χ4v) is 6.58. The maximum Gasteiger partial charge on any atom is 0.185 e. The van der Waals surface area contributed by atoms with E-state index in [0.29, 0.717) is 29.0 Å². The van der Waals surface area contributed by atoms with E-state index < -0.39 is 38.4 Å². The first-order valence-electron chi connectivity index (χ1n) is 9.62. The van der Waals surface area contributed by atoms with Gasteiger partial charge in [-0.3, -0.25) is 14.8 Å². The zero-order chi connectivity index (χ0) is 22.6. The molecule has 1 spiro atoms. The Bertz CT molecular complexity index is 1230. The van der Waals surface area contributed by atoms with Crippen LogP contribution in [0.2, 0.25) is 5.02 Å². The van der Waals surface area contributed by atoms with Crippen LogP contribution in [0, 0.1) is 12.7 Å². The zero-order valence-corrected chi connectivity index (χ0v) is 18.2. The molecular formula is C21H20ClF2N3O3S. The number of aryl methyl sites for hydroxylation is 1. The third kappa shape index (κ3) is 3.53. The highest BCUT2D eigenvalue weighted by atomic mass is 35.5. The number of sulfone groups is 1. The fraction of sp³-hybridized carbons (Fsp3) is 0.381. The second kappa shape index (κ2) is 7.34. The topological polar surface area (TPSA) is 102 Å². The highest BCUT2D eigenvalue weighted by Crippen LogP contribution is 2.50. The minimum atomic E-state index is -3.82. The summed E-state index contributed by atoms with van der Waals surface area (Å²) in [7, 11) is -3.82. The van der Waals surface area contributed by atoms with Gasteiger partial charge in [0.05, 0.1) is 10.8 Å². The smallest absolute Gasteiger partial charge is 0.185 e. The Kier molecular flexibility index (Phi) is 5.17. The molecule has 2 N–H and O–H groups in total. The molecule has 10 heteroatoms. The van der Waals surface area contributed by atoms with Gasteiger partial charge in [0.2, 0.25) is 0 Å². The Morgan fingerprint density at radius 1 is 1.29 bits per heavy atom. The van der Waals surface area contributed by atoms with Crippen LogP contribution >= 0.6 is 11.6 Å². The Morgan fingerprint density at radius 2 is 2.00 bits per heavy atom. The minimum Gasteiger partial charge on any atom is -0.386 e. The van der Waals surface area contributed by atoms with E-state index in [1.807, 2.05) is 0 Å². The van der Waals surface area contributed by atoms with E-state index >= 15 is 0 Å². The average Bonchev–Trinajstić information content (AvgIpc) is 3.50. The van der Waals surface area contributed by atoms with Crippen molar-refractivity contribution in [2.75, 3.05) is 12.4 Å². The van der Waals surface area contributed by atoms with Crippen molar-refractivity contribution >= 4 is 33.1 Å². The quantitative estimate of drug-likeness (QED) is 0.681. The lowest BCUT2D eigenvalue weighted by Gasteiger charge is -2.35. The number of pyridine rings is 1. The fourth-order valence-electron chi connectivity index (χ4n) is 4.08. The molecule has 2 heterocycles. The summed E-state index contributed by atoms with van der Waals surface area (Å²) in [6.45, 7) is 0.452. The summed E-state index contributed by atoms with van der Waals surface area (Å²) >= 11 is 5.87. The lowest BCUT2D eigenvalue weighted by molar-refractivity contribution is 0.0987. The second-order valence-electron chi connectivity index (χ2n) is 8.15. The molecule has 6 nitrogen and oxygen atoms in total. The highest BCUT2D eigenvalue weighted by Gasteiger charge is 2.63. The molecule has 1 aromatic heterocycles. The normalized spacial score (nSPS) is 23.4. The molecule has 1 saturated carbocycles. The molecule has 1 aliphatic carbocycles. The molecule has 0 bridgehead atoms. The number of nitrogens with two attached hydrogens (primary N) is 1. The molecule has 2 aromatic rings.